The van der Waals surface area contributed by atoms with Crippen molar-refractivity contribution in [1.29, 1.82) is 0 Å². The number of nitrogens with two attached hydrogens (primary N) is 1. The van der Waals surface area contributed by atoms with Crippen LogP contribution in [0.15, 0.2) is 66.7 Å². The molecule has 2 heterocycles. The number of halogens is 2. The summed E-state index contributed by atoms with van der Waals surface area (Å²) in [4.78, 5) is 4.79. The van der Waals surface area contributed by atoms with Crippen LogP contribution in [0, 0.1) is 11.6 Å². The lowest BCUT2D eigenvalue weighted by atomic mass is 9.90. The topological polar surface area (TPSA) is 51.0 Å². The Hall–Kier alpha value is -2.84. The number of nitrogen functional groups attached to an aromatic ring is 1. The van der Waals surface area contributed by atoms with Crippen LogP contribution in [0.5, 0.6) is 0 Å². The van der Waals surface area contributed by atoms with Crippen LogP contribution >= 0.6 is 0 Å². The van der Waals surface area contributed by atoms with Crippen molar-refractivity contribution in [2.24, 2.45) is 0 Å². The second kappa shape index (κ2) is 11.0. The maximum Gasteiger partial charge on any atom is 0.176 e. The van der Waals surface area contributed by atoms with Crippen molar-refractivity contribution >= 4 is 5.69 Å². The minimum atomic E-state index is -0.237. The summed E-state index contributed by atoms with van der Waals surface area (Å²) < 4.78 is 38.9. The Bertz CT molecular complexity index is 1170. The van der Waals surface area contributed by atoms with Gasteiger partial charge in [0, 0.05) is 37.9 Å². The van der Waals surface area contributed by atoms with Crippen LogP contribution in [0.3, 0.4) is 0 Å². The molecule has 2 N–H and O–H groups in total. The molecule has 190 valence electrons. The molecule has 7 heteroatoms. The average Bonchev–Trinajstić information content (AvgIpc) is 2.83. The Morgan fingerprint density at radius 2 is 1.72 bits per heavy atom. The third-order valence-electron chi connectivity index (χ3n) is 7.05. The van der Waals surface area contributed by atoms with Gasteiger partial charge in [-0.1, -0.05) is 30.3 Å². The summed E-state index contributed by atoms with van der Waals surface area (Å²) in [5.74, 6) is -0.440. The number of hydrogen-bond donors (Lipinski definition) is 1. The number of rotatable bonds is 9. The first-order valence-electron chi connectivity index (χ1n) is 12.5. The molecule has 0 aromatic heterocycles. The van der Waals surface area contributed by atoms with Crippen LogP contribution in [-0.2, 0) is 35.4 Å². The van der Waals surface area contributed by atoms with Gasteiger partial charge in [0.2, 0.25) is 0 Å². The fraction of sp³-hybridized carbons (Fsp3) is 0.379. The molecule has 0 spiro atoms. The monoisotopic (exact) mass is 493 g/mol. The van der Waals surface area contributed by atoms with Gasteiger partial charge in [-0.05, 0) is 78.4 Å². The van der Waals surface area contributed by atoms with Crippen molar-refractivity contribution in [3.05, 3.63) is 101 Å². The zero-order valence-corrected chi connectivity index (χ0v) is 20.6. The Kier molecular flexibility index (Phi) is 7.62. The molecule has 3 aromatic carbocycles. The highest BCUT2D eigenvalue weighted by Gasteiger charge is 2.30. The van der Waals surface area contributed by atoms with Gasteiger partial charge in [0.25, 0.3) is 0 Å². The fourth-order valence-corrected chi connectivity index (χ4v) is 5.21. The van der Waals surface area contributed by atoms with E-state index >= 15 is 0 Å². The first-order valence-corrected chi connectivity index (χ1v) is 12.5. The molecule has 5 rings (SSSR count). The fourth-order valence-electron chi connectivity index (χ4n) is 5.21. The van der Waals surface area contributed by atoms with Crippen molar-refractivity contribution in [1.82, 2.24) is 9.80 Å². The second-order valence-electron chi connectivity index (χ2n) is 9.82. The van der Waals surface area contributed by atoms with Crippen molar-refractivity contribution in [3.8, 4) is 0 Å². The predicted octanol–water partition coefficient (Wildman–Crippen LogP) is 4.74. The van der Waals surface area contributed by atoms with Gasteiger partial charge >= 0.3 is 0 Å². The minimum absolute atomic E-state index is 0.164. The van der Waals surface area contributed by atoms with Crippen LogP contribution in [0.25, 0.3) is 0 Å². The number of ether oxygens (including phenoxy) is 2. The number of anilines is 1. The molecule has 36 heavy (non-hydrogen) atoms. The van der Waals surface area contributed by atoms with Crippen LogP contribution < -0.4 is 5.73 Å². The lowest BCUT2D eigenvalue weighted by molar-refractivity contribution is -0.378. The van der Waals surface area contributed by atoms with Crippen LogP contribution in [-0.4, -0.2) is 48.1 Å². The van der Waals surface area contributed by atoms with Gasteiger partial charge in [-0.2, -0.15) is 0 Å². The third kappa shape index (κ3) is 6.28. The van der Waals surface area contributed by atoms with E-state index in [4.69, 9.17) is 15.2 Å². The van der Waals surface area contributed by atoms with Gasteiger partial charge in [-0.25, -0.2) is 8.78 Å². The van der Waals surface area contributed by atoms with Crippen molar-refractivity contribution in [2.45, 2.75) is 51.5 Å². The highest BCUT2D eigenvalue weighted by atomic mass is 19.1. The highest BCUT2D eigenvalue weighted by Crippen LogP contribution is 2.27. The standard InChI is InChI=1S/C29H33F2N3O2/c1-20-35-29(36-20)19-33(17-22-3-2-4-27(32)13-22)11-12-34-18-23-7-10-26(31)15-24(23)16-28(34)14-21-5-8-25(30)9-6-21/h2-10,13,15,20,28-29H,11-12,14,16-19,32H2,1H3. The molecule has 0 amide bonds. The largest absolute Gasteiger partial charge is 0.399 e. The Morgan fingerprint density at radius 1 is 0.944 bits per heavy atom. The van der Waals surface area contributed by atoms with E-state index in [1.165, 1.54) is 18.2 Å². The van der Waals surface area contributed by atoms with Crippen LogP contribution in [0.4, 0.5) is 14.5 Å². The summed E-state index contributed by atoms with van der Waals surface area (Å²) in [7, 11) is 0. The van der Waals surface area contributed by atoms with E-state index in [9.17, 15) is 8.78 Å². The molecule has 2 aliphatic heterocycles. The molecule has 3 aromatic rings. The van der Waals surface area contributed by atoms with Gasteiger partial charge in [0.1, 0.15) is 11.6 Å². The molecule has 1 fully saturated rings. The lowest BCUT2D eigenvalue weighted by Gasteiger charge is -2.40. The van der Waals surface area contributed by atoms with Crippen molar-refractivity contribution in [3.63, 3.8) is 0 Å². The molecule has 1 unspecified atom stereocenters. The van der Waals surface area contributed by atoms with E-state index < -0.39 is 0 Å². The molecular formula is C29H33F2N3O2. The molecule has 1 atom stereocenters. The molecule has 0 radical (unpaired) electrons. The quantitative estimate of drug-likeness (QED) is 0.437. The molecule has 2 aliphatic rings. The van der Waals surface area contributed by atoms with E-state index in [0.717, 1.165) is 67.0 Å². The molecule has 0 saturated carbocycles. The van der Waals surface area contributed by atoms with Crippen molar-refractivity contribution < 1.29 is 18.3 Å². The highest BCUT2D eigenvalue weighted by molar-refractivity contribution is 5.40. The predicted molar refractivity (Wildman–Crippen MR) is 136 cm³/mol. The smallest absolute Gasteiger partial charge is 0.176 e. The Morgan fingerprint density at radius 3 is 2.47 bits per heavy atom. The molecular weight excluding hydrogens is 460 g/mol. The normalized spacial score (nSPS) is 21.8. The number of fused-ring (bicyclic) bond motifs is 1. The maximum atomic E-state index is 14.0. The van der Waals surface area contributed by atoms with E-state index in [1.54, 1.807) is 6.07 Å². The number of nitrogens with zero attached hydrogens (tertiary/aromatic N) is 2. The summed E-state index contributed by atoms with van der Waals surface area (Å²) in [5.41, 5.74) is 11.2. The van der Waals surface area contributed by atoms with Crippen LogP contribution in [0.1, 0.15) is 29.2 Å². The summed E-state index contributed by atoms with van der Waals surface area (Å²) in [5, 5.41) is 0. The van der Waals surface area contributed by atoms with E-state index in [-0.39, 0.29) is 30.3 Å². The number of benzene rings is 3. The first kappa shape index (κ1) is 24.8. The number of hydrogen-bond acceptors (Lipinski definition) is 5. The molecule has 1 saturated heterocycles. The van der Waals surface area contributed by atoms with Gasteiger partial charge in [-0.15, -0.1) is 0 Å². The third-order valence-corrected chi connectivity index (χ3v) is 7.05. The first-order chi connectivity index (χ1) is 17.4. The Balaban J connectivity index is 1.31. The van der Waals surface area contributed by atoms with Gasteiger partial charge in [0.15, 0.2) is 12.6 Å². The van der Waals surface area contributed by atoms with Gasteiger partial charge in [-0.3, -0.25) is 9.80 Å². The zero-order chi connectivity index (χ0) is 25.1. The SMILES string of the molecule is CC1OC(CN(CCN2Cc3ccc(F)cc3CC2Cc2ccc(F)cc2)Cc2cccc(N)c2)O1. The van der Waals surface area contributed by atoms with Gasteiger partial charge < -0.3 is 15.2 Å². The average molecular weight is 494 g/mol. The molecule has 5 nitrogen and oxygen atoms in total. The lowest BCUT2D eigenvalue weighted by Crippen LogP contribution is -2.49. The summed E-state index contributed by atoms with van der Waals surface area (Å²) in [6, 6.07) is 19.9. The van der Waals surface area contributed by atoms with E-state index in [2.05, 4.69) is 15.9 Å². The zero-order valence-electron chi connectivity index (χ0n) is 20.6. The van der Waals surface area contributed by atoms with Crippen LogP contribution in [0.2, 0.25) is 0 Å². The van der Waals surface area contributed by atoms with E-state index in [1.807, 2.05) is 43.3 Å². The van der Waals surface area contributed by atoms with Crippen molar-refractivity contribution in [2.75, 3.05) is 25.4 Å². The maximum absolute atomic E-state index is 14.0. The van der Waals surface area contributed by atoms with Gasteiger partial charge in [0.05, 0.1) is 6.54 Å². The summed E-state index contributed by atoms with van der Waals surface area (Å²) in [6.07, 6.45) is 1.13. The summed E-state index contributed by atoms with van der Waals surface area (Å²) >= 11 is 0. The minimum Gasteiger partial charge on any atom is -0.399 e. The summed E-state index contributed by atoms with van der Waals surface area (Å²) in [6.45, 7) is 5.68. The Labute approximate surface area is 211 Å². The van der Waals surface area contributed by atoms with E-state index in [0.29, 0.717) is 6.54 Å². The second-order valence-corrected chi connectivity index (χ2v) is 9.82. The molecule has 0 bridgehead atoms. The molecule has 0 aliphatic carbocycles.